The SMILES string of the molecule is CC.Sc1ccc(OCc2ccccc2)cc1. The number of thiol groups is 1. The standard InChI is InChI=1S/C13H12OS.C2H6/c15-13-8-6-12(7-9-13)14-10-11-4-2-1-3-5-11;1-2/h1-9,15H,10H2;1-2H3. The molecule has 0 saturated carbocycles. The van der Waals surface area contributed by atoms with Gasteiger partial charge in [0, 0.05) is 4.90 Å². The van der Waals surface area contributed by atoms with Gasteiger partial charge in [-0.05, 0) is 29.8 Å². The molecule has 0 aliphatic heterocycles. The van der Waals surface area contributed by atoms with Crippen LogP contribution in [0.25, 0.3) is 0 Å². The molecule has 0 N–H and O–H groups in total. The summed E-state index contributed by atoms with van der Waals surface area (Å²) in [6.45, 7) is 4.60. The van der Waals surface area contributed by atoms with Crippen molar-refractivity contribution < 1.29 is 4.74 Å². The Balaban J connectivity index is 0.000000686. The number of rotatable bonds is 3. The topological polar surface area (TPSA) is 9.23 Å². The zero-order valence-electron chi connectivity index (χ0n) is 10.3. The maximum Gasteiger partial charge on any atom is 0.119 e. The van der Waals surface area contributed by atoms with Gasteiger partial charge in [-0.1, -0.05) is 44.2 Å². The van der Waals surface area contributed by atoms with Gasteiger partial charge in [-0.3, -0.25) is 0 Å². The average Bonchev–Trinajstić information content (AvgIpc) is 2.42. The summed E-state index contributed by atoms with van der Waals surface area (Å²) in [6, 6.07) is 17.8. The molecule has 0 aliphatic rings. The van der Waals surface area contributed by atoms with Crippen LogP contribution in [-0.4, -0.2) is 0 Å². The molecule has 0 heterocycles. The molecule has 0 spiro atoms. The van der Waals surface area contributed by atoms with Crippen LogP contribution in [0, 0.1) is 0 Å². The quantitative estimate of drug-likeness (QED) is 0.780. The van der Waals surface area contributed by atoms with E-state index in [1.54, 1.807) is 0 Å². The fourth-order valence-electron chi connectivity index (χ4n) is 1.28. The molecule has 90 valence electrons. The van der Waals surface area contributed by atoms with Crippen LogP contribution in [0.3, 0.4) is 0 Å². The van der Waals surface area contributed by atoms with Gasteiger partial charge in [-0.2, -0.15) is 0 Å². The number of hydrogen-bond donors (Lipinski definition) is 1. The molecule has 0 aromatic heterocycles. The molecule has 0 radical (unpaired) electrons. The molecule has 0 bridgehead atoms. The van der Waals surface area contributed by atoms with E-state index in [1.807, 2.05) is 68.4 Å². The Labute approximate surface area is 109 Å². The predicted molar refractivity (Wildman–Crippen MR) is 75.8 cm³/mol. The number of hydrogen-bond acceptors (Lipinski definition) is 2. The van der Waals surface area contributed by atoms with Gasteiger partial charge < -0.3 is 4.74 Å². The van der Waals surface area contributed by atoms with Crippen LogP contribution in [0.15, 0.2) is 59.5 Å². The maximum absolute atomic E-state index is 5.61. The zero-order chi connectivity index (χ0) is 12.5. The minimum atomic E-state index is 0.604. The van der Waals surface area contributed by atoms with Gasteiger partial charge in [-0.25, -0.2) is 0 Å². The first-order chi connectivity index (χ1) is 8.34. The van der Waals surface area contributed by atoms with Crippen molar-refractivity contribution in [3.05, 3.63) is 60.2 Å². The van der Waals surface area contributed by atoms with Gasteiger partial charge in [0.15, 0.2) is 0 Å². The van der Waals surface area contributed by atoms with Crippen molar-refractivity contribution in [2.45, 2.75) is 25.3 Å². The Morgan fingerprint density at radius 1 is 0.882 bits per heavy atom. The molecule has 0 atom stereocenters. The Kier molecular flexibility index (Phi) is 6.26. The van der Waals surface area contributed by atoms with Gasteiger partial charge >= 0.3 is 0 Å². The number of benzene rings is 2. The second kappa shape index (κ2) is 7.80. The summed E-state index contributed by atoms with van der Waals surface area (Å²) in [6.07, 6.45) is 0. The molecule has 0 unspecified atom stereocenters. The molecule has 2 heteroatoms. The van der Waals surface area contributed by atoms with E-state index in [2.05, 4.69) is 12.6 Å². The normalized spacial score (nSPS) is 9.12. The lowest BCUT2D eigenvalue weighted by molar-refractivity contribution is 0.306. The molecule has 2 rings (SSSR count). The molecule has 2 aromatic rings. The average molecular weight is 246 g/mol. The molecule has 0 amide bonds. The summed E-state index contributed by atoms with van der Waals surface area (Å²) in [7, 11) is 0. The second-order valence-corrected chi connectivity index (χ2v) is 3.78. The van der Waals surface area contributed by atoms with Gasteiger partial charge in [0.1, 0.15) is 12.4 Å². The molecule has 17 heavy (non-hydrogen) atoms. The third-order valence-corrected chi connectivity index (χ3v) is 2.38. The van der Waals surface area contributed by atoms with Gasteiger partial charge in [0.2, 0.25) is 0 Å². The minimum Gasteiger partial charge on any atom is -0.489 e. The van der Waals surface area contributed by atoms with Crippen LogP contribution >= 0.6 is 12.6 Å². The lowest BCUT2D eigenvalue weighted by atomic mass is 10.2. The van der Waals surface area contributed by atoms with E-state index >= 15 is 0 Å². The number of ether oxygens (including phenoxy) is 1. The van der Waals surface area contributed by atoms with Crippen LogP contribution in [0.2, 0.25) is 0 Å². The fraction of sp³-hybridized carbons (Fsp3) is 0.200. The Morgan fingerprint density at radius 3 is 2.06 bits per heavy atom. The van der Waals surface area contributed by atoms with Crippen LogP contribution in [0.4, 0.5) is 0 Å². The second-order valence-electron chi connectivity index (χ2n) is 3.27. The van der Waals surface area contributed by atoms with Crippen LogP contribution in [0.1, 0.15) is 19.4 Å². The van der Waals surface area contributed by atoms with Crippen molar-refractivity contribution in [1.29, 1.82) is 0 Å². The van der Waals surface area contributed by atoms with Crippen molar-refractivity contribution in [3.63, 3.8) is 0 Å². The van der Waals surface area contributed by atoms with E-state index in [9.17, 15) is 0 Å². The van der Waals surface area contributed by atoms with Gasteiger partial charge in [-0.15, -0.1) is 12.6 Å². The smallest absolute Gasteiger partial charge is 0.119 e. The molecular formula is C15H18OS. The van der Waals surface area contributed by atoms with Crippen molar-refractivity contribution in [2.75, 3.05) is 0 Å². The first kappa shape index (κ1) is 13.7. The summed E-state index contributed by atoms with van der Waals surface area (Å²) in [5.74, 6) is 0.872. The zero-order valence-corrected chi connectivity index (χ0v) is 11.2. The highest BCUT2D eigenvalue weighted by molar-refractivity contribution is 7.80. The first-order valence-corrected chi connectivity index (χ1v) is 6.25. The fourth-order valence-corrected chi connectivity index (χ4v) is 1.43. The summed E-state index contributed by atoms with van der Waals surface area (Å²) in [4.78, 5) is 0.946. The van der Waals surface area contributed by atoms with Crippen LogP contribution in [-0.2, 0) is 6.61 Å². The highest BCUT2D eigenvalue weighted by atomic mass is 32.1. The highest BCUT2D eigenvalue weighted by Crippen LogP contribution is 2.15. The van der Waals surface area contributed by atoms with Crippen molar-refractivity contribution in [2.24, 2.45) is 0 Å². The summed E-state index contributed by atoms with van der Waals surface area (Å²) >= 11 is 4.21. The van der Waals surface area contributed by atoms with E-state index in [0.717, 1.165) is 10.6 Å². The largest absolute Gasteiger partial charge is 0.489 e. The molecule has 0 saturated heterocycles. The van der Waals surface area contributed by atoms with Crippen molar-refractivity contribution in [3.8, 4) is 5.75 Å². The first-order valence-electron chi connectivity index (χ1n) is 5.80. The Hall–Kier alpha value is -1.41. The van der Waals surface area contributed by atoms with Crippen molar-refractivity contribution in [1.82, 2.24) is 0 Å². The summed E-state index contributed by atoms with van der Waals surface area (Å²) in [5, 5.41) is 0. The maximum atomic E-state index is 5.61. The Morgan fingerprint density at radius 2 is 1.47 bits per heavy atom. The molecular weight excluding hydrogens is 228 g/mol. The molecule has 1 nitrogen and oxygen atoms in total. The summed E-state index contributed by atoms with van der Waals surface area (Å²) < 4.78 is 5.61. The Bertz CT molecular complexity index is 409. The molecule has 0 aliphatic carbocycles. The highest BCUT2D eigenvalue weighted by Gasteiger charge is 1.94. The van der Waals surface area contributed by atoms with Gasteiger partial charge in [0.05, 0.1) is 0 Å². The van der Waals surface area contributed by atoms with Crippen LogP contribution in [0.5, 0.6) is 5.75 Å². The van der Waals surface area contributed by atoms with E-state index in [1.165, 1.54) is 5.56 Å². The predicted octanol–water partition coefficient (Wildman–Crippen LogP) is 4.58. The van der Waals surface area contributed by atoms with Crippen LogP contribution < -0.4 is 4.74 Å². The third kappa shape index (κ3) is 4.96. The van der Waals surface area contributed by atoms with E-state index in [0.29, 0.717) is 6.61 Å². The lowest BCUT2D eigenvalue weighted by Crippen LogP contribution is -1.94. The summed E-state index contributed by atoms with van der Waals surface area (Å²) in [5.41, 5.74) is 1.17. The van der Waals surface area contributed by atoms with Gasteiger partial charge in [0.25, 0.3) is 0 Å². The molecule has 2 aromatic carbocycles. The minimum absolute atomic E-state index is 0.604. The van der Waals surface area contributed by atoms with E-state index in [4.69, 9.17) is 4.74 Å². The van der Waals surface area contributed by atoms with E-state index in [-0.39, 0.29) is 0 Å². The molecule has 0 fully saturated rings. The van der Waals surface area contributed by atoms with Crippen molar-refractivity contribution >= 4 is 12.6 Å². The lowest BCUT2D eigenvalue weighted by Gasteiger charge is -2.05. The third-order valence-electron chi connectivity index (χ3n) is 2.09. The van der Waals surface area contributed by atoms with E-state index < -0.39 is 0 Å². The monoisotopic (exact) mass is 246 g/mol.